The molecule has 3 aromatic carbocycles. The van der Waals surface area contributed by atoms with Gasteiger partial charge in [-0.25, -0.2) is 4.98 Å². The van der Waals surface area contributed by atoms with E-state index in [-0.39, 0.29) is 11.8 Å². The number of amides is 2. The van der Waals surface area contributed by atoms with E-state index in [1.165, 1.54) is 11.3 Å². The fourth-order valence-corrected chi connectivity index (χ4v) is 4.51. The van der Waals surface area contributed by atoms with Gasteiger partial charge < -0.3 is 10.6 Å². The normalized spacial score (nSPS) is 11.7. The van der Waals surface area contributed by atoms with Crippen molar-refractivity contribution in [3.8, 4) is 11.3 Å². The number of thiazole rings is 1. The van der Waals surface area contributed by atoms with Crippen LogP contribution in [-0.4, -0.2) is 22.8 Å². The van der Waals surface area contributed by atoms with E-state index >= 15 is 0 Å². The number of carbonyl (C=O) groups excluding carboxylic acids is 2. The Morgan fingerprint density at radius 1 is 0.788 bits per heavy atom. The molecule has 4 rings (SSSR count). The summed E-state index contributed by atoms with van der Waals surface area (Å²) in [7, 11) is 0. The standard InChI is InChI=1S/C27H25N3O2S/c1-18(25(31)30-27-29-24(19(2)33-27)22-16-10-5-11-17-22)28-26(32)23(20-12-6-3-7-13-20)21-14-8-4-9-15-21/h3-18,23H,1-2H3,(H,28,32)(H,29,30,31)/t18-/m1/s1. The molecule has 1 aromatic heterocycles. The molecule has 0 saturated carbocycles. The molecule has 6 heteroatoms. The molecule has 0 saturated heterocycles. The van der Waals surface area contributed by atoms with Gasteiger partial charge in [-0.15, -0.1) is 11.3 Å². The molecule has 2 amide bonds. The smallest absolute Gasteiger partial charge is 0.248 e. The SMILES string of the molecule is Cc1sc(NC(=O)[C@@H](C)NC(=O)C(c2ccccc2)c2ccccc2)nc1-c1ccccc1. The molecular formula is C27H25N3O2S. The lowest BCUT2D eigenvalue weighted by molar-refractivity contribution is -0.126. The quantitative estimate of drug-likeness (QED) is 0.392. The Morgan fingerprint density at radius 3 is 1.85 bits per heavy atom. The van der Waals surface area contributed by atoms with E-state index in [0.717, 1.165) is 27.3 Å². The number of rotatable bonds is 7. The van der Waals surface area contributed by atoms with Gasteiger partial charge in [-0.2, -0.15) is 0 Å². The zero-order valence-corrected chi connectivity index (χ0v) is 19.3. The van der Waals surface area contributed by atoms with Gasteiger partial charge in [0.05, 0.1) is 11.6 Å². The number of nitrogens with zero attached hydrogens (tertiary/aromatic N) is 1. The van der Waals surface area contributed by atoms with E-state index in [1.807, 2.05) is 97.9 Å². The first-order valence-corrected chi connectivity index (χ1v) is 11.6. The summed E-state index contributed by atoms with van der Waals surface area (Å²) in [5.41, 5.74) is 3.59. The van der Waals surface area contributed by atoms with Crippen LogP contribution in [0.15, 0.2) is 91.0 Å². The zero-order valence-electron chi connectivity index (χ0n) is 18.5. The largest absolute Gasteiger partial charge is 0.344 e. The van der Waals surface area contributed by atoms with Crippen LogP contribution in [0.1, 0.15) is 28.8 Å². The lowest BCUT2D eigenvalue weighted by Gasteiger charge is -2.20. The molecule has 0 bridgehead atoms. The molecule has 0 aliphatic carbocycles. The summed E-state index contributed by atoms with van der Waals surface area (Å²) in [5.74, 6) is -1.04. The third kappa shape index (κ3) is 5.35. The van der Waals surface area contributed by atoms with Crippen molar-refractivity contribution >= 4 is 28.3 Å². The van der Waals surface area contributed by atoms with E-state index in [2.05, 4.69) is 15.6 Å². The van der Waals surface area contributed by atoms with Gasteiger partial charge in [-0.3, -0.25) is 9.59 Å². The number of nitrogens with one attached hydrogen (secondary N) is 2. The van der Waals surface area contributed by atoms with Crippen molar-refractivity contribution in [3.63, 3.8) is 0 Å². The molecule has 2 N–H and O–H groups in total. The molecular weight excluding hydrogens is 430 g/mol. The molecule has 33 heavy (non-hydrogen) atoms. The van der Waals surface area contributed by atoms with Gasteiger partial charge in [0.15, 0.2) is 5.13 Å². The first kappa shape index (κ1) is 22.4. The van der Waals surface area contributed by atoms with Crippen molar-refractivity contribution in [2.75, 3.05) is 5.32 Å². The van der Waals surface area contributed by atoms with Crippen LogP contribution < -0.4 is 10.6 Å². The molecule has 0 aliphatic rings. The maximum Gasteiger partial charge on any atom is 0.248 e. The summed E-state index contributed by atoms with van der Waals surface area (Å²) in [4.78, 5) is 31.7. The highest BCUT2D eigenvalue weighted by Gasteiger charge is 2.26. The summed E-state index contributed by atoms with van der Waals surface area (Å²) in [5, 5.41) is 6.24. The Morgan fingerprint density at radius 2 is 1.30 bits per heavy atom. The summed E-state index contributed by atoms with van der Waals surface area (Å²) >= 11 is 1.42. The monoisotopic (exact) mass is 455 g/mol. The van der Waals surface area contributed by atoms with Gasteiger partial charge >= 0.3 is 0 Å². The van der Waals surface area contributed by atoms with Gasteiger partial charge in [0.1, 0.15) is 6.04 Å². The van der Waals surface area contributed by atoms with E-state index in [4.69, 9.17) is 0 Å². The molecule has 1 heterocycles. The van der Waals surface area contributed by atoms with Crippen molar-refractivity contribution in [3.05, 3.63) is 107 Å². The molecule has 0 spiro atoms. The average Bonchev–Trinajstić information content (AvgIpc) is 3.21. The minimum Gasteiger partial charge on any atom is -0.344 e. The predicted octanol–water partition coefficient (Wildman–Crippen LogP) is 5.39. The summed E-state index contributed by atoms with van der Waals surface area (Å²) < 4.78 is 0. The molecule has 5 nitrogen and oxygen atoms in total. The van der Waals surface area contributed by atoms with Crippen molar-refractivity contribution in [1.82, 2.24) is 10.3 Å². The van der Waals surface area contributed by atoms with Crippen LogP contribution in [-0.2, 0) is 9.59 Å². The molecule has 0 unspecified atom stereocenters. The fourth-order valence-electron chi connectivity index (χ4n) is 3.68. The third-order valence-electron chi connectivity index (χ3n) is 5.35. The highest BCUT2D eigenvalue weighted by molar-refractivity contribution is 7.16. The average molecular weight is 456 g/mol. The number of hydrogen-bond acceptors (Lipinski definition) is 4. The van der Waals surface area contributed by atoms with Gasteiger partial charge in [0.25, 0.3) is 0 Å². The van der Waals surface area contributed by atoms with Crippen LogP contribution >= 0.6 is 11.3 Å². The number of benzene rings is 3. The molecule has 166 valence electrons. The molecule has 0 aliphatic heterocycles. The van der Waals surface area contributed by atoms with Crippen molar-refractivity contribution in [1.29, 1.82) is 0 Å². The molecule has 0 fully saturated rings. The van der Waals surface area contributed by atoms with Gasteiger partial charge in [-0.05, 0) is 25.0 Å². The second kappa shape index (κ2) is 10.2. The Bertz CT molecular complexity index is 1180. The Kier molecular flexibility index (Phi) is 6.95. The minimum absolute atomic E-state index is 0.227. The van der Waals surface area contributed by atoms with E-state index in [0.29, 0.717) is 5.13 Å². The van der Waals surface area contributed by atoms with Crippen LogP contribution in [0.3, 0.4) is 0 Å². The summed E-state index contributed by atoms with van der Waals surface area (Å²) in [6.45, 7) is 3.66. The maximum atomic E-state index is 13.3. The van der Waals surface area contributed by atoms with Crippen LogP contribution in [0.4, 0.5) is 5.13 Å². The number of anilines is 1. The number of aryl methyl sites for hydroxylation is 1. The first-order chi connectivity index (χ1) is 16.0. The van der Waals surface area contributed by atoms with Crippen molar-refractivity contribution in [2.24, 2.45) is 0 Å². The number of carbonyl (C=O) groups is 2. The fraction of sp³-hybridized carbons (Fsp3) is 0.148. The number of hydrogen-bond donors (Lipinski definition) is 2. The van der Waals surface area contributed by atoms with E-state index in [1.54, 1.807) is 6.92 Å². The highest BCUT2D eigenvalue weighted by atomic mass is 32.1. The molecule has 0 radical (unpaired) electrons. The third-order valence-corrected chi connectivity index (χ3v) is 6.24. The van der Waals surface area contributed by atoms with Crippen molar-refractivity contribution in [2.45, 2.75) is 25.8 Å². The van der Waals surface area contributed by atoms with Crippen molar-refractivity contribution < 1.29 is 9.59 Å². The van der Waals surface area contributed by atoms with Crippen LogP contribution in [0, 0.1) is 6.92 Å². The number of aromatic nitrogens is 1. The summed E-state index contributed by atoms with van der Waals surface area (Å²) in [6.07, 6.45) is 0. The second-order valence-electron chi connectivity index (χ2n) is 7.76. The lowest BCUT2D eigenvalue weighted by Crippen LogP contribution is -2.43. The van der Waals surface area contributed by atoms with Gasteiger partial charge in [0.2, 0.25) is 11.8 Å². The minimum atomic E-state index is -0.725. The predicted molar refractivity (Wildman–Crippen MR) is 133 cm³/mol. The van der Waals surface area contributed by atoms with Crippen LogP contribution in [0.2, 0.25) is 0 Å². The van der Waals surface area contributed by atoms with Gasteiger partial charge in [-0.1, -0.05) is 91.0 Å². The molecule has 4 aromatic rings. The van der Waals surface area contributed by atoms with Crippen LogP contribution in [0.5, 0.6) is 0 Å². The maximum absolute atomic E-state index is 13.3. The first-order valence-electron chi connectivity index (χ1n) is 10.8. The van der Waals surface area contributed by atoms with Gasteiger partial charge in [0, 0.05) is 10.4 Å². The topological polar surface area (TPSA) is 71.1 Å². The highest BCUT2D eigenvalue weighted by Crippen LogP contribution is 2.30. The Hall–Kier alpha value is -3.77. The Labute approximate surface area is 197 Å². The molecule has 1 atom stereocenters. The lowest BCUT2D eigenvalue weighted by atomic mass is 9.90. The van der Waals surface area contributed by atoms with E-state index in [9.17, 15) is 9.59 Å². The zero-order chi connectivity index (χ0) is 23.2. The Balaban J connectivity index is 1.47. The second-order valence-corrected chi connectivity index (χ2v) is 8.97. The summed E-state index contributed by atoms with van der Waals surface area (Å²) in [6, 6.07) is 28.3. The van der Waals surface area contributed by atoms with Crippen LogP contribution in [0.25, 0.3) is 11.3 Å². The van der Waals surface area contributed by atoms with E-state index < -0.39 is 12.0 Å².